The van der Waals surface area contributed by atoms with E-state index in [0.29, 0.717) is 11.1 Å². The molecule has 0 bridgehead atoms. The largest absolute Gasteiger partial charge is 0.345 e. The third-order valence-corrected chi connectivity index (χ3v) is 3.74. The minimum absolute atomic E-state index is 0.0539. The van der Waals surface area contributed by atoms with Crippen LogP contribution < -0.4 is 0 Å². The van der Waals surface area contributed by atoms with E-state index in [1.165, 1.54) is 4.90 Å². The highest BCUT2D eigenvalue weighted by atomic mass is 16.2. The quantitative estimate of drug-likeness (QED) is 0.871. The fourth-order valence-corrected chi connectivity index (χ4v) is 2.60. The van der Waals surface area contributed by atoms with Crippen LogP contribution in [-0.4, -0.2) is 34.7 Å². The molecule has 0 aliphatic carbocycles. The Bertz CT molecular complexity index is 725. The van der Waals surface area contributed by atoms with Crippen LogP contribution in [0.5, 0.6) is 0 Å². The van der Waals surface area contributed by atoms with Crippen molar-refractivity contribution in [2.75, 3.05) is 14.1 Å². The van der Waals surface area contributed by atoms with Crippen LogP contribution in [0.15, 0.2) is 30.6 Å². The predicted molar refractivity (Wildman–Crippen MR) is 84.5 cm³/mol. The minimum Gasteiger partial charge on any atom is -0.345 e. The van der Waals surface area contributed by atoms with Gasteiger partial charge < -0.3 is 4.90 Å². The Hall–Kier alpha value is -2.61. The van der Waals surface area contributed by atoms with Crippen molar-refractivity contribution in [1.82, 2.24) is 14.7 Å². The maximum Gasteiger partial charge on any atom is 0.253 e. The summed E-state index contributed by atoms with van der Waals surface area (Å²) in [5, 5.41) is 13.6. The van der Waals surface area contributed by atoms with Gasteiger partial charge in [-0.1, -0.05) is 6.92 Å². The summed E-state index contributed by atoms with van der Waals surface area (Å²) in [6.45, 7) is 2.07. The Labute approximate surface area is 130 Å². The highest BCUT2D eigenvalue weighted by Gasteiger charge is 2.20. The summed E-state index contributed by atoms with van der Waals surface area (Å²) in [5.41, 5.74) is 3.13. The SMILES string of the molecule is CCC(c1cnn(C)c1)c1cc(C(=O)N(C)C)ccc1C#N. The van der Waals surface area contributed by atoms with E-state index in [0.717, 1.165) is 17.5 Å². The lowest BCUT2D eigenvalue weighted by Gasteiger charge is -2.17. The molecule has 0 saturated heterocycles. The van der Waals surface area contributed by atoms with Gasteiger partial charge in [-0.3, -0.25) is 9.48 Å². The molecular formula is C17H20N4O. The fourth-order valence-electron chi connectivity index (χ4n) is 2.60. The van der Waals surface area contributed by atoms with Crippen LogP contribution in [0.3, 0.4) is 0 Å². The van der Waals surface area contributed by atoms with Crippen LogP contribution in [0.25, 0.3) is 0 Å². The molecule has 1 amide bonds. The number of aryl methyl sites for hydroxylation is 1. The predicted octanol–water partition coefficient (Wildman–Crippen LogP) is 2.54. The van der Waals surface area contributed by atoms with Crippen molar-refractivity contribution in [3.05, 3.63) is 52.8 Å². The Morgan fingerprint density at radius 2 is 2.18 bits per heavy atom. The molecule has 0 aliphatic heterocycles. The molecule has 1 aromatic heterocycles. The first-order valence-electron chi connectivity index (χ1n) is 7.22. The van der Waals surface area contributed by atoms with E-state index >= 15 is 0 Å². The van der Waals surface area contributed by atoms with E-state index in [9.17, 15) is 10.1 Å². The molecule has 5 heteroatoms. The highest BCUT2D eigenvalue weighted by molar-refractivity contribution is 5.94. The summed E-state index contributed by atoms with van der Waals surface area (Å²) in [6, 6.07) is 7.50. The van der Waals surface area contributed by atoms with Gasteiger partial charge in [-0.05, 0) is 35.7 Å². The van der Waals surface area contributed by atoms with Crippen molar-refractivity contribution >= 4 is 5.91 Å². The first kappa shape index (κ1) is 15.8. The molecule has 0 N–H and O–H groups in total. The molecule has 22 heavy (non-hydrogen) atoms. The topological polar surface area (TPSA) is 61.9 Å². The van der Waals surface area contributed by atoms with Crippen LogP contribution >= 0.6 is 0 Å². The standard InChI is InChI=1S/C17H20N4O/c1-5-15(14-10-19-21(4)11-14)16-8-12(17(22)20(2)3)6-7-13(16)9-18/h6-8,10-11,15H,5H2,1-4H3. The maximum absolute atomic E-state index is 12.2. The van der Waals surface area contributed by atoms with Gasteiger partial charge in [0.15, 0.2) is 0 Å². The van der Waals surface area contributed by atoms with E-state index in [1.54, 1.807) is 30.9 Å². The van der Waals surface area contributed by atoms with E-state index in [-0.39, 0.29) is 11.8 Å². The lowest BCUT2D eigenvalue weighted by Crippen LogP contribution is -2.22. The monoisotopic (exact) mass is 296 g/mol. The zero-order chi connectivity index (χ0) is 16.3. The van der Waals surface area contributed by atoms with E-state index in [1.807, 2.05) is 25.5 Å². The normalized spacial score (nSPS) is 11.8. The molecule has 0 radical (unpaired) electrons. The van der Waals surface area contributed by atoms with E-state index in [2.05, 4.69) is 18.1 Å². The molecule has 2 rings (SSSR count). The van der Waals surface area contributed by atoms with Gasteiger partial charge >= 0.3 is 0 Å². The second-order valence-corrected chi connectivity index (χ2v) is 5.52. The summed E-state index contributed by atoms with van der Waals surface area (Å²) >= 11 is 0. The highest BCUT2D eigenvalue weighted by Crippen LogP contribution is 2.30. The van der Waals surface area contributed by atoms with Gasteiger partial charge in [0.1, 0.15) is 0 Å². The van der Waals surface area contributed by atoms with Crippen molar-refractivity contribution in [1.29, 1.82) is 5.26 Å². The van der Waals surface area contributed by atoms with Crippen LogP contribution in [0.2, 0.25) is 0 Å². The summed E-state index contributed by atoms with van der Waals surface area (Å²) in [4.78, 5) is 13.7. The second-order valence-electron chi connectivity index (χ2n) is 5.52. The number of carbonyl (C=O) groups is 1. The molecular weight excluding hydrogens is 276 g/mol. The zero-order valence-electron chi connectivity index (χ0n) is 13.4. The van der Waals surface area contributed by atoms with Gasteiger partial charge in [-0.25, -0.2) is 0 Å². The Kier molecular flexibility index (Phi) is 4.62. The average molecular weight is 296 g/mol. The number of hydrogen-bond acceptors (Lipinski definition) is 3. The number of aromatic nitrogens is 2. The van der Waals surface area contributed by atoms with Gasteiger partial charge in [0, 0.05) is 38.8 Å². The Balaban J connectivity index is 2.53. The summed E-state index contributed by atoms with van der Waals surface area (Å²) in [7, 11) is 5.31. The Morgan fingerprint density at radius 3 is 2.68 bits per heavy atom. The fraction of sp³-hybridized carbons (Fsp3) is 0.353. The molecule has 0 fully saturated rings. The molecule has 0 aliphatic rings. The summed E-state index contributed by atoms with van der Waals surface area (Å²) in [6.07, 6.45) is 4.60. The van der Waals surface area contributed by atoms with Crippen LogP contribution in [-0.2, 0) is 7.05 Å². The number of hydrogen-bond donors (Lipinski definition) is 0. The van der Waals surface area contributed by atoms with Crippen LogP contribution in [0.4, 0.5) is 0 Å². The van der Waals surface area contributed by atoms with Crippen molar-refractivity contribution in [3.63, 3.8) is 0 Å². The number of rotatable bonds is 4. The van der Waals surface area contributed by atoms with Crippen molar-refractivity contribution in [3.8, 4) is 6.07 Å². The third-order valence-electron chi connectivity index (χ3n) is 3.74. The molecule has 114 valence electrons. The van der Waals surface area contributed by atoms with Crippen molar-refractivity contribution in [2.24, 2.45) is 7.05 Å². The van der Waals surface area contributed by atoms with Gasteiger partial charge in [0.2, 0.25) is 0 Å². The first-order chi connectivity index (χ1) is 10.5. The second kappa shape index (κ2) is 6.44. The van der Waals surface area contributed by atoms with Crippen molar-refractivity contribution < 1.29 is 4.79 Å². The summed E-state index contributed by atoms with van der Waals surface area (Å²) in [5.74, 6) is -0.00922. The number of carbonyl (C=O) groups excluding carboxylic acids is 1. The number of nitrogens with zero attached hydrogens (tertiary/aromatic N) is 4. The minimum atomic E-state index is -0.0632. The molecule has 1 atom stereocenters. The molecule has 1 aromatic carbocycles. The summed E-state index contributed by atoms with van der Waals surface area (Å²) < 4.78 is 1.75. The molecule has 1 unspecified atom stereocenters. The van der Waals surface area contributed by atoms with Crippen LogP contribution in [0.1, 0.15) is 46.3 Å². The molecule has 0 saturated carbocycles. The molecule has 1 heterocycles. The maximum atomic E-state index is 12.2. The van der Waals surface area contributed by atoms with Gasteiger partial charge in [-0.15, -0.1) is 0 Å². The number of amides is 1. The first-order valence-corrected chi connectivity index (χ1v) is 7.22. The van der Waals surface area contributed by atoms with Gasteiger partial charge in [-0.2, -0.15) is 10.4 Å². The smallest absolute Gasteiger partial charge is 0.253 e. The van der Waals surface area contributed by atoms with Gasteiger partial charge in [0.25, 0.3) is 5.91 Å². The average Bonchev–Trinajstić information content (AvgIpc) is 2.93. The number of benzene rings is 1. The Morgan fingerprint density at radius 1 is 1.45 bits per heavy atom. The zero-order valence-corrected chi connectivity index (χ0v) is 13.4. The lowest BCUT2D eigenvalue weighted by atomic mass is 9.87. The molecule has 2 aromatic rings. The van der Waals surface area contributed by atoms with Crippen LogP contribution in [0, 0.1) is 11.3 Å². The molecule has 0 spiro atoms. The number of nitriles is 1. The van der Waals surface area contributed by atoms with E-state index < -0.39 is 0 Å². The lowest BCUT2D eigenvalue weighted by molar-refractivity contribution is 0.0827. The third kappa shape index (κ3) is 3.01. The molecule has 5 nitrogen and oxygen atoms in total. The van der Waals surface area contributed by atoms with Crippen molar-refractivity contribution in [2.45, 2.75) is 19.3 Å². The van der Waals surface area contributed by atoms with Gasteiger partial charge in [0.05, 0.1) is 17.8 Å². The van der Waals surface area contributed by atoms with E-state index in [4.69, 9.17) is 0 Å².